The van der Waals surface area contributed by atoms with Gasteiger partial charge in [0, 0.05) is 5.54 Å². The van der Waals surface area contributed by atoms with Gasteiger partial charge in [-0.15, -0.1) is 13.2 Å². The Hall–Kier alpha value is -1.27. The van der Waals surface area contributed by atoms with Crippen molar-refractivity contribution in [3.05, 3.63) is 29.8 Å². The lowest BCUT2D eigenvalue weighted by Gasteiger charge is -2.31. The minimum atomic E-state index is -4.66. The van der Waals surface area contributed by atoms with Gasteiger partial charge >= 0.3 is 6.36 Å². The quantitative estimate of drug-likeness (QED) is 0.929. The number of ether oxygens (including phenoxy) is 2. The number of halogens is 3. The van der Waals surface area contributed by atoms with Gasteiger partial charge in [0.25, 0.3) is 0 Å². The normalized spacial score (nSPS) is 32.6. The van der Waals surface area contributed by atoms with E-state index in [0.717, 1.165) is 24.8 Å². The van der Waals surface area contributed by atoms with Crippen molar-refractivity contribution < 1.29 is 22.6 Å². The van der Waals surface area contributed by atoms with Crippen LogP contribution in [0.4, 0.5) is 13.2 Å². The fourth-order valence-electron chi connectivity index (χ4n) is 3.21. The van der Waals surface area contributed by atoms with Crippen LogP contribution in [0.5, 0.6) is 5.75 Å². The van der Waals surface area contributed by atoms with Crippen LogP contribution in [-0.2, 0) is 11.2 Å². The van der Waals surface area contributed by atoms with Crippen molar-refractivity contribution in [3.8, 4) is 5.75 Å². The minimum Gasteiger partial charge on any atom is -0.406 e. The Bertz CT molecular complexity index is 488. The van der Waals surface area contributed by atoms with Gasteiger partial charge in [-0.25, -0.2) is 0 Å². The molecule has 110 valence electrons. The number of benzene rings is 1. The van der Waals surface area contributed by atoms with Crippen LogP contribution in [0, 0.1) is 0 Å². The van der Waals surface area contributed by atoms with Crippen LogP contribution in [0.25, 0.3) is 0 Å². The fraction of sp³-hybridized carbons (Fsp3) is 0.571. The molecule has 2 aliphatic heterocycles. The Morgan fingerprint density at radius 2 is 1.95 bits per heavy atom. The zero-order valence-electron chi connectivity index (χ0n) is 10.8. The van der Waals surface area contributed by atoms with Gasteiger partial charge in [-0.2, -0.15) is 0 Å². The Balaban J connectivity index is 1.67. The molecule has 2 N–H and O–H groups in total. The molecule has 0 spiro atoms. The molecule has 3 unspecified atom stereocenters. The van der Waals surface area contributed by atoms with Crippen molar-refractivity contribution in [2.75, 3.05) is 0 Å². The van der Waals surface area contributed by atoms with E-state index in [4.69, 9.17) is 10.5 Å². The first-order valence-electron chi connectivity index (χ1n) is 6.63. The molecule has 0 radical (unpaired) electrons. The smallest absolute Gasteiger partial charge is 0.406 e. The predicted octanol–water partition coefficient (Wildman–Crippen LogP) is 2.78. The zero-order chi connectivity index (χ0) is 14.4. The van der Waals surface area contributed by atoms with E-state index >= 15 is 0 Å². The number of rotatable bonds is 3. The molecular weight excluding hydrogens is 271 g/mol. The summed E-state index contributed by atoms with van der Waals surface area (Å²) in [7, 11) is 0. The van der Waals surface area contributed by atoms with Crippen molar-refractivity contribution in [3.63, 3.8) is 0 Å². The molecule has 0 aromatic heterocycles. The summed E-state index contributed by atoms with van der Waals surface area (Å²) in [5.74, 6) is -0.212. The number of hydrogen-bond acceptors (Lipinski definition) is 3. The Labute approximate surface area is 114 Å². The van der Waals surface area contributed by atoms with Gasteiger partial charge in [0.1, 0.15) is 5.75 Å². The summed E-state index contributed by atoms with van der Waals surface area (Å²) >= 11 is 0. The average Bonchev–Trinajstić information content (AvgIpc) is 2.89. The summed E-state index contributed by atoms with van der Waals surface area (Å²) in [4.78, 5) is 0. The SMILES string of the molecule is NC1(Cc2ccc(OC(F)(F)F)cc2)CC2CCC1O2. The van der Waals surface area contributed by atoms with Crippen molar-refractivity contribution >= 4 is 0 Å². The second-order valence-electron chi connectivity index (χ2n) is 5.63. The highest BCUT2D eigenvalue weighted by molar-refractivity contribution is 5.29. The van der Waals surface area contributed by atoms with Crippen LogP contribution in [0.15, 0.2) is 24.3 Å². The maximum absolute atomic E-state index is 12.1. The summed E-state index contributed by atoms with van der Waals surface area (Å²) in [5, 5.41) is 0. The van der Waals surface area contributed by atoms with Gasteiger partial charge in [-0.1, -0.05) is 12.1 Å². The van der Waals surface area contributed by atoms with E-state index in [9.17, 15) is 13.2 Å². The van der Waals surface area contributed by atoms with E-state index in [1.807, 2.05) is 0 Å². The molecule has 2 fully saturated rings. The fourth-order valence-corrected chi connectivity index (χ4v) is 3.21. The summed E-state index contributed by atoms with van der Waals surface area (Å²) in [6, 6.07) is 5.89. The Kier molecular flexibility index (Phi) is 3.17. The Morgan fingerprint density at radius 3 is 2.45 bits per heavy atom. The second kappa shape index (κ2) is 4.63. The highest BCUT2D eigenvalue weighted by atomic mass is 19.4. The molecule has 2 heterocycles. The number of alkyl halides is 3. The van der Waals surface area contributed by atoms with Crippen LogP contribution in [-0.4, -0.2) is 24.1 Å². The third kappa shape index (κ3) is 2.76. The number of hydrogen-bond donors (Lipinski definition) is 1. The maximum Gasteiger partial charge on any atom is 0.573 e. The van der Waals surface area contributed by atoms with Crippen LogP contribution in [0.1, 0.15) is 24.8 Å². The molecule has 0 amide bonds. The first-order chi connectivity index (χ1) is 9.34. The first-order valence-corrected chi connectivity index (χ1v) is 6.63. The van der Waals surface area contributed by atoms with Gasteiger partial charge in [0.05, 0.1) is 12.2 Å². The Morgan fingerprint density at radius 1 is 1.25 bits per heavy atom. The molecule has 2 saturated heterocycles. The predicted molar refractivity (Wildman–Crippen MR) is 66.3 cm³/mol. The highest BCUT2D eigenvalue weighted by Crippen LogP contribution is 2.42. The molecule has 3 atom stereocenters. The van der Waals surface area contributed by atoms with Gasteiger partial charge in [0.2, 0.25) is 0 Å². The molecule has 20 heavy (non-hydrogen) atoms. The molecule has 3 rings (SSSR count). The second-order valence-corrected chi connectivity index (χ2v) is 5.63. The van der Waals surface area contributed by atoms with E-state index in [1.54, 1.807) is 12.1 Å². The van der Waals surface area contributed by atoms with Crippen molar-refractivity contribution in [2.45, 2.75) is 49.8 Å². The topological polar surface area (TPSA) is 44.5 Å². The summed E-state index contributed by atoms with van der Waals surface area (Å²) < 4.78 is 45.8. The van der Waals surface area contributed by atoms with Crippen LogP contribution in [0.2, 0.25) is 0 Å². The molecule has 3 nitrogen and oxygen atoms in total. The highest BCUT2D eigenvalue weighted by Gasteiger charge is 2.49. The van der Waals surface area contributed by atoms with Gasteiger partial charge in [0.15, 0.2) is 0 Å². The van der Waals surface area contributed by atoms with Crippen molar-refractivity contribution in [1.29, 1.82) is 0 Å². The zero-order valence-corrected chi connectivity index (χ0v) is 10.8. The standard InChI is InChI=1S/C14H16F3NO2/c15-14(16,17)20-10-3-1-9(2-4-10)7-13(18)8-11-5-6-12(13)19-11/h1-4,11-12H,5-8,18H2. The lowest BCUT2D eigenvalue weighted by Crippen LogP contribution is -2.50. The molecule has 6 heteroatoms. The van der Waals surface area contributed by atoms with Crippen LogP contribution in [0.3, 0.4) is 0 Å². The van der Waals surface area contributed by atoms with Crippen molar-refractivity contribution in [1.82, 2.24) is 0 Å². The monoisotopic (exact) mass is 287 g/mol. The number of nitrogens with two attached hydrogens (primary N) is 1. The van der Waals surface area contributed by atoms with Crippen molar-refractivity contribution in [2.24, 2.45) is 5.73 Å². The third-order valence-corrected chi connectivity index (χ3v) is 4.05. The van der Waals surface area contributed by atoms with E-state index in [2.05, 4.69) is 4.74 Å². The van der Waals surface area contributed by atoms with Gasteiger partial charge < -0.3 is 15.2 Å². The van der Waals surface area contributed by atoms with Gasteiger partial charge in [-0.3, -0.25) is 0 Å². The first kappa shape index (κ1) is 13.7. The van der Waals surface area contributed by atoms with E-state index in [-0.39, 0.29) is 18.0 Å². The maximum atomic E-state index is 12.1. The van der Waals surface area contributed by atoms with Gasteiger partial charge in [-0.05, 0) is 43.4 Å². The molecule has 2 aliphatic rings. The lowest BCUT2D eigenvalue weighted by molar-refractivity contribution is -0.274. The van der Waals surface area contributed by atoms with E-state index in [1.165, 1.54) is 12.1 Å². The molecule has 0 saturated carbocycles. The summed E-state index contributed by atoms with van der Waals surface area (Å²) in [6.45, 7) is 0. The third-order valence-electron chi connectivity index (χ3n) is 4.05. The lowest BCUT2D eigenvalue weighted by atomic mass is 9.78. The minimum absolute atomic E-state index is 0.0681. The molecule has 1 aromatic carbocycles. The van der Waals surface area contributed by atoms with E-state index < -0.39 is 11.9 Å². The molecule has 0 aliphatic carbocycles. The molecule has 1 aromatic rings. The largest absolute Gasteiger partial charge is 0.573 e. The summed E-state index contributed by atoms with van der Waals surface area (Å²) in [6.07, 6.45) is -0.886. The number of fused-ring (bicyclic) bond motifs is 2. The molecule has 2 bridgehead atoms. The summed E-state index contributed by atoms with van der Waals surface area (Å²) in [5.41, 5.74) is 6.89. The van der Waals surface area contributed by atoms with Crippen LogP contribution >= 0.6 is 0 Å². The molecular formula is C14H16F3NO2. The average molecular weight is 287 g/mol. The van der Waals surface area contributed by atoms with Crippen LogP contribution < -0.4 is 10.5 Å². The van der Waals surface area contributed by atoms with E-state index in [0.29, 0.717) is 6.42 Å².